The molecule has 2 aromatic carbocycles. The van der Waals surface area contributed by atoms with Crippen LogP contribution in [-0.2, 0) is 28.7 Å². The van der Waals surface area contributed by atoms with E-state index < -0.39 is 47.5 Å². The number of cyclic esters (lactones) is 4. The number of hydrogen-bond acceptors (Lipinski definition) is 8. The molecule has 0 radical (unpaired) electrons. The highest BCUT2D eigenvalue weighted by Crippen LogP contribution is 2.54. The Hall–Kier alpha value is -3.42. The number of hydrogen-bond donors (Lipinski definition) is 2. The zero-order valence-electron chi connectivity index (χ0n) is 15.2. The van der Waals surface area contributed by atoms with E-state index in [1.54, 1.807) is 0 Å². The van der Waals surface area contributed by atoms with Crippen molar-refractivity contribution >= 4 is 46.0 Å². The number of nitrogen functional groups attached to an aromatic ring is 2. The van der Waals surface area contributed by atoms with Crippen molar-refractivity contribution in [3.05, 3.63) is 35.4 Å². The predicted molar refractivity (Wildman–Crippen MR) is 98.4 cm³/mol. The number of aryl methyl sites for hydroxylation is 2. The fraction of sp³-hybridized carbons (Fsp3) is 0.300. The first-order valence-corrected chi connectivity index (χ1v) is 8.77. The predicted octanol–water partition coefficient (Wildman–Crippen LogP) is 1.25. The van der Waals surface area contributed by atoms with Crippen LogP contribution in [0.15, 0.2) is 24.3 Å². The van der Waals surface area contributed by atoms with Gasteiger partial charge in [0.15, 0.2) is 0 Å². The third kappa shape index (κ3) is 2.37. The van der Waals surface area contributed by atoms with Gasteiger partial charge in [0.2, 0.25) is 0 Å². The average molecular weight is 382 g/mol. The third-order valence-corrected chi connectivity index (χ3v) is 5.76. The smallest absolute Gasteiger partial charge is 0.318 e. The normalized spacial score (nSPS) is 27.4. The van der Waals surface area contributed by atoms with Crippen molar-refractivity contribution in [2.45, 2.75) is 13.8 Å². The Morgan fingerprint density at radius 2 is 0.893 bits per heavy atom. The minimum Gasteiger partial charge on any atom is -0.398 e. The maximum Gasteiger partial charge on any atom is 0.318 e. The van der Waals surface area contributed by atoms with Gasteiger partial charge in [0.1, 0.15) is 0 Å². The number of esters is 4. The van der Waals surface area contributed by atoms with Gasteiger partial charge >= 0.3 is 23.9 Å². The van der Waals surface area contributed by atoms with Crippen molar-refractivity contribution in [3.8, 4) is 0 Å². The topological polar surface area (TPSA) is 139 Å². The number of ether oxygens (including phenoxy) is 2. The van der Waals surface area contributed by atoms with Crippen LogP contribution in [0.3, 0.4) is 0 Å². The molecule has 3 aliphatic rings. The summed E-state index contributed by atoms with van der Waals surface area (Å²) in [5.41, 5.74) is 15.8. The number of benzene rings is 2. The molecule has 3 fully saturated rings. The first-order chi connectivity index (χ1) is 13.2. The maximum absolute atomic E-state index is 11.1. The molecule has 2 aromatic rings. The number of carbonyl (C=O) groups is 4. The highest BCUT2D eigenvalue weighted by molar-refractivity contribution is 6.10. The Labute approximate surface area is 159 Å². The summed E-state index contributed by atoms with van der Waals surface area (Å²) in [6.45, 7) is 4.01. The lowest BCUT2D eigenvalue weighted by atomic mass is 9.59. The molecule has 1 saturated carbocycles. The van der Waals surface area contributed by atoms with E-state index in [4.69, 9.17) is 11.5 Å². The molecule has 0 unspecified atom stereocenters. The number of anilines is 2. The Bertz CT molecular complexity index is 947. The second kappa shape index (κ2) is 6.05. The van der Waals surface area contributed by atoms with Crippen LogP contribution in [0, 0.1) is 37.5 Å². The van der Waals surface area contributed by atoms with E-state index >= 15 is 0 Å². The summed E-state index contributed by atoms with van der Waals surface area (Å²) in [5.74, 6) is -6.00. The first-order valence-electron chi connectivity index (χ1n) is 8.77. The number of fused-ring (bicyclic) bond motifs is 5. The molecule has 4 N–H and O–H groups in total. The fourth-order valence-electron chi connectivity index (χ4n) is 4.06. The first kappa shape index (κ1) is 18.0. The van der Waals surface area contributed by atoms with Crippen molar-refractivity contribution in [3.63, 3.8) is 0 Å². The highest BCUT2D eigenvalue weighted by Gasteiger charge is 2.72. The van der Waals surface area contributed by atoms with Gasteiger partial charge in [-0.1, -0.05) is 24.3 Å². The second-order valence-corrected chi connectivity index (χ2v) is 7.27. The Kier molecular flexibility index (Phi) is 3.88. The molecule has 0 spiro atoms. The van der Waals surface area contributed by atoms with Crippen LogP contribution >= 0.6 is 0 Å². The van der Waals surface area contributed by atoms with Gasteiger partial charge in [-0.05, 0) is 25.0 Å². The molecule has 0 amide bonds. The second-order valence-electron chi connectivity index (χ2n) is 7.27. The summed E-state index contributed by atoms with van der Waals surface area (Å²) < 4.78 is 8.69. The van der Waals surface area contributed by atoms with Gasteiger partial charge in [0, 0.05) is 22.1 Å². The van der Waals surface area contributed by atoms with Crippen molar-refractivity contribution < 1.29 is 28.7 Å². The zero-order valence-corrected chi connectivity index (χ0v) is 15.2. The molecule has 2 saturated heterocycles. The van der Waals surface area contributed by atoms with E-state index in [1.165, 1.54) is 0 Å². The summed E-state index contributed by atoms with van der Waals surface area (Å²) in [7, 11) is 0. The molecular formula is C20H18N2O6. The number of nitrogens with two attached hydrogens (primary N) is 2. The summed E-state index contributed by atoms with van der Waals surface area (Å²) in [6, 6.07) is 8.08. The molecule has 28 heavy (non-hydrogen) atoms. The van der Waals surface area contributed by atoms with Crippen molar-refractivity contribution in [1.82, 2.24) is 0 Å². The van der Waals surface area contributed by atoms with E-state index in [1.807, 2.05) is 38.1 Å². The summed E-state index contributed by atoms with van der Waals surface area (Å²) in [6.07, 6.45) is 0. The molecule has 8 nitrogen and oxygen atoms in total. The molecular weight excluding hydrogens is 364 g/mol. The van der Waals surface area contributed by atoms with Crippen LogP contribution in [-0.4, -0.2) is 23.9 Å². The SMILES string of the molecule is Cc1ccc2c(N)c(C)ccc2c1N.O=C1OC(=O)C2C1C1C(=O)OC(=O)C21. The quantitative estimate of drug-likeness (QED) is 0.394. The molecule has 2 heterocycles. The van der Waals surface area contributed by atoms with E-state index in [9.17, 15) is 19.2 Å². The lowest BCUT2D eigenvalue weighted by Crippen LogP contribution is -2.50. The van der Waals surface area contributed by atoms with Crippen LogP contribution in [0.25, 0.3) is 10.8 Å². The minimum absolute atomic E-state index is 0.715. The molecule has 1 aliphatic carbocycles. The van der Waals surface area contributed by atoms with E-state index in [0.717, 1.165) is 33.3 Å². The standard InChI is InChI=1S/C12H14N2.C8H4O6/c1-7-3-5-10-9(11(7)13)6-4-8(2)12(10)14;9-5-1-2(6(10)13-5)4-3(1)7(11)14-8(4)12/h3-6H,13-14H2,1-2H3;1-4H. The van der Waals surface area contributed by atoms with Crippen LogP contribution < -0.4 is 11.5 Å². The highest BCUT2D eigenvalue weighted by atomic mass is 16.6. The van der Waals surface area contributed by atoms with Gasteiger partial charge in [0.25, 0.3) is 0 Å². The van der Waals surface area contributed by atoms with Crippen LogP contribution in [0.4, 0.5) is 11.4 Å². The number of rotatable bonds is 0. The van der Waals surface area contributed by atoms with Crippen LogP contribution in [0.5, 0.6) is 0 Å². The largest absolute Gasteiger partial charge is 0.398 e. The lowest BCUT2D eigenvalue weighted by molar-refractivity contribution is -0.158. The van der Waals surface area contributed by atoms with Crippen molar-refractivity contribution in [2.75, 3.05) is 11.5 Å². The van der Waals surface area contributed by atoms with Crippen LogP contribution in [0.1, 0.15) is 11.1 Å². The Morgan fingerprint density at radius 3 is 1.18 bits per heavy atom. The Balaban J connectivity index is 0.000000137. The fourth-order valence-corrected chi connectivity index (χ4v) is 4.06. The van der Waals surface area contributed by atoms with E-state index in [-0.39, 0.29) is 0 Å². The van der Waals surface area contributed by atoms with Gasteiger partial charge in [-0.3, -0.25) is 19.2 Å². The van der Waals surface area contributed by atoms with Gasteiger partial charge < -0.3 is 20.9 Å². The van der Waals surface area contributed by atoms with E-state index in [0.29, 0.717) is 0 Å². The monoisotopic (exact) mass is 382 g/mol. The van der Waals surface area contributed by atoms with E-state index in [2.05, 4.69) is 9.47 Å². The summed E-state index contributed by atoms with van der Waals surface area (Å²) >= 11 is 0. The van der Waals surface area contributed by atoms with Gasteiger partial charge in [-0.2, -0.15) is 0 Å². The Morgan fingerprint density at radius 1 is 0.607 bits per heavy atom. The summed E-state index contributed by atoms with van der Waals surface area (Å²) in [4.78, 5) is 44.3. The molecule has 144 valence electrons. The molecule has 0 atom stereocenters. The summed E-state index contributed by atoms with van der Waals surface area (Å²) in [5, 5.41) is 2.10. The molecule has 0 bridgehead atoms. The van der Waals surface area contributed by atoms with Crippen molar-refractivity contribution in [1.29, 1.82) is 0 Å². The molecule has 2 aliphatic heterocycles. The average Bonchev–Trinajstić information content (AvgIpc) is 2.97. The maximum atomic E-state index is 11.1. The minimum atomic E-state index is -0.786. The van der Waals surface area contributed by atoms with Crippen LogP contribution in [0.2, 0.25) is 0 Å². The molecule has 5 rings (SSSR count). The number of carbonyl (C=O) groups excluding carboxylic acids is 4. The molecule has 8 heteroatoms. The van der Waals surface area contributed by atoms with Gasteiger partial charge in [0.05, 0.1) is 23.7 Å². The van der Waals surface area contributed by atoms with Gasteiger partial charge in [-0.25, -0.2) is 0 Å². The lowest BCUT2D eigenvalue weighted by Gasteiger charge is -2.33. The molecule has 0 aromatic heterocycles. The van der Waals surface area contributed by atoms with Crippen molar-refractivity contribution in [2.24, 2.45) is 23.7 Å². The zero-order chi connectivity index (χ0) is 20.3. The third-order valence-electron chi connectivity index (χ3n) is 5.76. The van der Waals surface area contributed by atoms with Gasteiger partial charge in [-0.15, -0.1) is 0 Å².